The molecule has 2 rings (SSSR count). The van der Waals surface area contributed by atoms with E-state index in [9.17, 15) is 0 Å². The summed E-state index contributed by atoms with van der Waals surface area (Å²) in [5.74, 6) is 0. The first-order valence-corrected chi connectivity index (χ1v) is 4.12. The van der Waals surface area contributed by atoms with Crippen molar-refractivity contribution in [2.24, 2.45) is 0 Å². The molecule has 0 N–H and O–H groups in total. The summed E-state index contributed by atoms with van der Waals surface area (Å²) in [6.45, 7) is 1.95. The molecule has 58 valence electrons. The fourth-order valence-corrected chi connectivity index (χ4v) is 1.60. The molecule has 11 heavy (non-hydrogen) atoms. The Morgan fingerprint density at radius 3 is 2.73 bits per heavy atom. The zero-order chi connectivity index (χ0) is 7.68. The van der Waals surface area contributed by atoms with E-state index in [2.05, 4.69) is 4.98 Å². The molecule has 0 atom stereocenters. The van der Waals surface area contributed by atoms with Gasteiger partial charge in [0.15, 0.2) is 5.01 Å². The van der Waals surface area contributed by atoms with Gasteiger partial charge in [-0.1, -0.05) is 0 Å². The standard InChI is InChI=1S/C7H7NO2S/c1-5-4-11-6(8-5)7-9-2-3-10-7/h2-4,7H,1H3. The number of thiazole rings is 1. The average molecular weight is 169 g/mol. The van der Waals surface area contributed by atoms with Crippen molar-refractivity contribution in [2.75, 3.05) is 0 Å². The van der Waals surface area contributed by atoms with Crippen molar-refractivity contribution in [2.45, 2.75) is 13.2 Å². The van der Waals surface area contributed by atoms with Crippen LogP contribution in [0.2, 0.25) is 0 Å². The van der Waals surface area contributed by atoms with E-state index in [-0.39, 0.29) is 6.29 Å². The van der Waals surface area contributed by atoms with Gasteiger partial charge in [0, 0.05) is 11.1 Å². The van der Waals surface area contributed by atoms with Crippen LogP contribution in [0.5, 0.6) is 0 Å². The van der Waals surface area contributed by atoms with Crippen LogP contribution in [0.3, 0.4) is 0 Å². The van der Waals surface area contributed by atoms with E-state index in [0.717, 1.165) is 10.7 Å². The molecule has 4 heteroatoms. The average Bonchev–Trinajstić information content (AvgIpc) is 2.55. The smallest absolute Gasteiger partial charge is 0.292 e. The number of aromatic nitrogens is 1. The van der Waals surface area contributed by atoms with Gasteiger partial charge in [0.05, 0.1) is 0 Å². The van der Waals surface area contributed by atoms with Crippen molar-refractivity contribution in [3.63, 3.8) is 0 Å². The Bertz CT molecular complexity index is 274. The van der Waals surface area contributed by atoms with E-state index in [0.29, 0.717) is 0 Å². The van der Waals surface area contributed by atoms with E-state index in [1.807, 2.05) is 12.3 Å². The molecule has 0 bridgehead atoms. The third-order valence-corrected chi connectivity index (χ3v) is 2.28. The Kier molecular flexibility index (Phi) is 1.54. The molecule has 3 nitrogen and oxygen atoms in total. The molecule has 0 amide bonds. The first-order valence-electron chi connectivity index (χ1n) is 3.24. The summed E-state index contributed by atoms with van der Waals surface area (Å²) >= 11 is 1.55. The highest BCUT2D eigenvalue weighted by atomic mass is 32.1. The summed E-state index contributed by atoms with van der Waals surface area (Å²) in [5, 5.41) is 2.84. The minimum Gasteiger partial charge on any atom is -0.453 e. The number of hydrogen-bond acceptors (Lipinski definition) is 4. The lowest BCUT2D eigenvalue weighted by Crippen LogP contribution is -1.96. The van der Waals surface area contributed by atoms with Gasteiger partial charge >= 0.3 is 0 Å². The second-order valence-corrected chi connectivity index (χ2v) is 3.09. The molecule has 1 aliphatic heterocycles. The Morgan fingerprint density at radius 2 is 2.18 bits per heavy atom. The van der Waals surface area contributed by atoms with Crippen molar-refractivity contribution >= 4 is 11.3 Å². The molecule has 0 aromatic carbocycles. The lowest BCUT2D eigenvalue weighted by atomic mass is 10.6. The van der Waals surface area contributed by atoms with Crippen molar-refractivity contribution in [3.8, 4) is 0 Å². The van der Waals surface area contributed by atoms with Crippen molar-refractivity contribution in [3.05, 3.63) is 28.6 Å². The number of hydrogen-bond donors (Lipinski definition) is 0. The monoisotopic (exact) mass is 169 g/mol. The molecule has 0 spiro atoms. The second-order valence-electron chi connectivity index (χ2n) is 2.20. The van der Waals surface area contributed by atoms with Gasteiger partial charge in [-0.15, -0.1) is 11.3 Å². The van der Waals surface area contributed by atoms with Gasteiger partial charge in [0.25, 0.3) is 6.29 Å². The topological polar surface area (TPSA) is 31.4 Å². The number of ether oxygens (including phenoxy) is 2. The van der Waals surface area contributed by atoms with Crippen LogP contribution in [0.1, 0.15) is 17.0 Å². The Labute approximate surface area is 68.3 Å². The lowest BCUT2D eigenvalue weighted by Gasteiger charge is -2.04. The third kappa shape index (κ3) is 1.21. The van der Waals surface area contributed by atoms with E-state index in [4.69, 9.17) is 9.47 Å². The maximum absolute atomic E-state index is 5.10. The van der Waals surface area contributed by atoms with Crippen LogP contribution < -0.4 is 0 Å². The molecule has 0 unspecified atom stereocenters. The molecular formula is C7H7NO2S. The van der Waals surface area contributed by atoms with Crippen molar-refractivity contribution in [1.82, 2.24) is 4.98 Å². The highest BCUT2D eigenvalue weighted by Gasteiger charge is 2.18. The second kappa shape index (κ2) is 2.54. The Morgan fingerprint density at radius 1 is 1.45 bits per heavy atom. The van der Waals surface area contributed by atoms with Gasteiger partial charge in [0.2, 0.25) is 0 Å². The highest BCUT2D eigenvalue weighted by molar-refractivity contribution is 7.09. The summed E-state index contributed by atoms with van der Waals surface area (Å²) < 4.78 is 10.2. The Balaban J connectivity index is 2.17. The Hall–Kier alpha value is -1.03. The molecule has 0 radical (unpaired) electrons. The van der Waals surface area contributed by atoms with Crippen LogP contribution in [0, 0.1) is 6.92 Å². The normalized spacial score (nSPS) is 16.5. The van der Waals surface area contributed by atoms with Gasteiger partial charge in [-0.2, -0.15) is 0 Å². The van der Waals surface area contributed by atoms with Crippen LogP contribution in [0.15, 0.2) is 17.9 Å². The number of nitrogens with zero attached hydrogens (tertiary/aromatic N) is 1. The van der Waals surface area contributed by atoms with E-state index in [1.54, 1.807) is 11.3 Å². The minimum absolute atomic E-state index is 0.311. The summed E-state index contributed by atoms with van der Waals surface area (Å²) in [5.41, 5.74) is 1.00. The first kappa shape index (κ1) is 6.67. The van der Waals surface area contributed by atoms with Crippen LogP contribution in [-0.4, -0.2) is 4.98 Å². The van der Waals surface area contributed by atoms with E-state index < -0.39 is 0 Å². The molecule has 1 aromatic rings. The lowest BCUT2D eigenvalue weighted by molar-refractivity contribution is -0.0247. The third-order valence-electron chi connectivity index (χ3n) is 1.30. The molecule has 1 aromatic heterocycles. The summed E-state index contributed by atoms with van der Waals surface area (Å²) in [4.78, 5) is 4.22. The molecule has 0 saturated heterocycles. The highest BCUT2D eigenvalue weighted by Crippen LogP contribution is 2.26. The maximum atomic E-state index is 5.10. The summed E-state index contributed by atoms with van der Waals surface area (Å²) in [6.07, 6.45) is 2.75. The number of aryl methyl sites for hydroxylation is 1. The van der Waals surface area contributed by atoms with Gasteiger partial charge in [-0.25, -0.2) is 4.98 Å². The van der Waals surface area contributed by atoms with Crippen molar-refractivity contribution < 1.29 is 9.47 Å². The SMILES string of the molecule is Cc1csc(C2OC=CO2)n1. The van der Waals surface area contributed by atoms with Gasteiger partial charge < -0.3 is 9.47 Å². The van der Waals surface area contributed by atoms with Gasteiger partial charge in [-0.3, -0.25) is 0 Å². The van der Waals surface area contributed by atoms with Gasteiger partial charge in [0.1, 0.15) is 12.5 Å². The van der Waals surface area contributed by atoms with Crippen LogP contribution in [0.25, 0.3) is 0 Å². The molecular weight excluding hydrogens is 162 g/mol. The quantitative estimate of drug-likeness (QED) is 0.644. The fourth-order valence-electron chi connectivity index (χ4n) is 0.836. The first-order chi connectivity index (χ1) is 5.36. The van der Waals surface area contributed by atoms with Crippen LogP contribution in [0.4, 0.5) is 0 Å². The molecule has 0 aliphatic carbocycles. The molecule has 0 saturated carbocycles. The maximum Gasteiger partial charge on any atom is 0.292 e. The molecule has 0 fully saturated rings. The van der Waals surface area contributed by atoms with Crippen molar-refractivity contribution in [1.29, 1.82) is 0 Å². The fraction of sp³-hybridized carbons (Fsp3) is 0.286. The van der Waals surface area contributed by atoms with Gasteiger partial charge in [-0.05, 0) is 6.92 Å². The zero-order valence-corrected chi connectivity index (χ0v) is 6.80. The predicted octanol–water partition coefficient (Wildman–Crippen LogP) is 1.97. The molecule has 2 heterocycles. The van der Waals surface area contributed by atoms with Crippen LogP contribution >= 0.6 is 11.3 Å². The van der Waals surface area contributed by atoms with E-state index in [1.165, 1.54) is 12.5 Å². The number of rotatable bonds is 1. The predicted molar refractivity (Wildman–Crippen MR) is 40.9 cm³/mol. The van der Waals surface area contributed by atoms with Crippen LogP contribution in [-0.2, 0) is 9.47 Å². The molecule has 1 aliphatic rings. The zero-order valence-electron chi connectivity index (χ0n) is 5.98. The van der Waals surface area contributed by atoms with E-state index >= 15 is 0 Å². The summed E-state index contributed by atoms with van der Waals surface area (Å²) in [6, 6.07) is 0. The summed E-state index contributed by atoms with van der Waals surface area (Å²) in [7, 11) is 0. The minimum atomic E-state index is -0.311. The largest absolute Gasteiger partial charge is 0.453 e.